The number of hydrogen-bond acceptors (Lipinski definition) is 18. The fourth-order valence-corrected chi connectivity index (χ4v) is 12.7. The van der Waals surface area contributed by atoms with Gasteiger partial charge in [0, 0.05) is 64.5 Å². The Balaban J connectivity index is 5.56. The van der Waals surface area contributed by atoms with Gasteiger partial charge in [-0.1, -0.05) is 207 Å². The molecular weight excluding hydrogens is 1370 g/mol. The van der Waals surface area contributed by atoms with Gasteiger partial charge in [-0.15, -0.1) is 0 Å². The van der Waals surface area contributed by atoms with Crippen LogP contribution >= 0.6 is 15.6 Å². The maximum absolute atomic E-state index is 13.6. The zero-order valence-corrected chi connectivity index (χ0v) is 67.1. The molecule has 0 bridgehead atoms. The Morgan fingerprint density at radius 3 is 1.00 bits per heavy atom. The van der Waals surface area contributed by atoms with Crippen molar-refractivity contribution in [3.63, 3.8) is 0 Å². The fourth-order valence-electron chi connectivity index (χ4n) is 11.1. The van der Waals surface area contributed by atoms with E-state index in [1.54, 1.807) is 0 Å². The van der Waals surface area contributed by atoms with Crippen LogP contribution < -0.4 is 21.3 Å². The van der Waals surface area contributed by atoms with Gasteiger partial charge < -0.3 is 50.0 Å². The predicted octanol–water partition coefficient (Wildman–Crippen LogP) is 16.6. The second-order valence-electron chi connectivity index (χ2n) is 27.4. The Morgan fingerprint density at radius 2 is 0.654 bits per heavy atom. The van der Waals surface area contributed by atoms with Gasteiger partial charge in [-0.05, 0) is 89.9 Å². The van der Waals surface area contributed by atoms with E-state index in [0.717, 1.165) is 167 Å². The monoisotopic (exact) mass is 1520 g/mol. The van der Waals surface area contributed by atoms with Crippen LogP contribution in [0.15, 0.2) is 24.3 Å². The average Bonchev–Trinajstić information content (AvgIpc) is 1.50. The lowest BCUT2D eigenvalue weighted by Crippen LogP contribution is -2.43. The molecule has 0 aliphatic heterocycles. The molecule has 0 spiro atoms. The van der Waals surface area contributed by atoms with Crippen LogP contribution in [0.25, 0.3) is 0 Å². The molecule has 0 radical (unpaired) electrons. The summed E-state index contributed by atoms with van der Waals surface area (Å²) in [5.41, 5.74) is 0. The number of nitrogens with one attached hydrogen (secondary N) is 4. The number of esters is 2. The van der Waals surface area contributed by atoms with Crippen molar-refractivity contribution in [2.45, 2.75) is 361 Å². The van der Waals surface area contributed by atoms with Gasteiger partial charge >= 0.3 is 27.6 Å². The molecular formula is C78H144N4O20P2. The first-order chi connectivity index (χ1) is 50.2. The lowest BCUT2D eigenvalue weighted by atomic mass is 10.1. The molecule has 0 saturated heterocycles. The average molecular weight is 1520 g/mol. The Hall–Kier alpha value is -4.22. The summed E-state index contributed by atoms with van der Waals surface area (Å²) in [4.78, 5) is 125. The summed E-state index contributed by atoms with van der Waals surface area (Å²) in [6, 6.07) is -1.95. The zero-order valence-electron chi connectivity index (χ0n) is 65.4. The SMILES string of the molecule is CCCCCC/C=C\CCCC(=O)O[C@H](CCCCCCC)CC(=O)NC(COCCC(=O)CCCCCCC)COP(=O)(O)OCCNC(=O)CCC(=O)NCCOP(=O)(O)OCC(COCCC(=O)CCCCCCC)NC(=O)C[C@@H](CCCCCCC)OC(=O)CCC/C=C\CCCCCC. The Morgan fingerprint density at radius 1 is 0.337 bits per heavy atom. The second-order valence-corrected chi connectivity index (χ2v) is 30.4. The largest absolute Gasteiger partial charge is 0.472 e. The number of hydrogen-bond donors (Lipinski definition) is 6. The highest BCUT2D eigenvalue weighted by atomic mass is 31.2. The van der Waals surface area contributed by atoms with E-state index in [1.165, 1.54) is 38.5 Å². The number of amides is 4. The predicted molar refractivity (Wildman–Crippen MR) is 409 cm³/mol. The number of carbonyl (C=O) groups is 8. The van der Waals surface area contributed by atoms with Crippen LogP contribution in [0.5, 0.6) is 0 Å². The highest BCUT2D eigenvalue weighted by Crippen LogP contribution is 2.44. The number of rotatable bonds is 77. The number of phosphoric acid groups is 2. The van der Waals surface area contributed by atoms with Gasteiger partial charge in [0.25, 0.3) is 0 Å². The Labute approximate surface area is 627 Å². The number of unbranched alkanes of at least 4 members (excludes halogenated alkanes) is 26. The van der Waals surface area contributed by atoms with Crippen molar-refractivity contribution < 1.29 is 94.3 Å². The number of allylic oxidation sites excluding steroid dienone is 4. The molecule has 6 N–H and O–H groups in total. The van der Waals surface area contributed by atoms with Crippen molar-refractivity contribution in [1.82, 2.24) is 21.3 Å². The standard InChI is InChI=1S/C78H144N4O20P2/c1-7-13-19-25-27-29-31-37-43-49-77(89)101-71(47-41-35-23-17-11-5)61-75(87)81-67(63-95-57-53-69(83)45-39-33-21-15-9-3)65-99-103(91,92)97-59-55-79-73(85)51-52-74(86)80-56-60-98-104(93,94)100-66-68(64-96-58-54-70(84)46-40-34-22-16-10-4)82-76(88)62-72(48-42-36-24-18-12-6)102-78(90)50-44-38-32-30-28-26-20-14-8-2/h29-32,67-68,71-72H,7-28,33-66H2,1-6H3,(H,79,85)(H,80,86)(H,81,87)(H,82,88)(H,91,92)(H,93,94)/b31-29-,32-30-/t67?,68?,71-,72-/m1/s1. The van der Waals surface area contributed by atoms with Crippen molar-refractivity contribution >= 4 is 62.8 Å². The van der Waals surface area contributed by atoms with Gasteiger partial charge in [-0.2, -0.15) is 0 Å². The molecule has 0 saturated carbocycles. The van der Waals surface area contributed by atoms with Gasteiger partial charge in [-0.3, -0.25) is 56.5 Å². The number of Topliss-reactive ketones (excluding diaryl/α,β-unsaturated/α-hetero) is 2. The molecule has 0 aromatic heterocycles. The Bertz CT molecular complexity index is 2210. The summed E-state index contributed by atoms with van der Waals surface area (Å²) in [7, 11) is -9.58. The maximum atomic E-state index is 13.6. The molecule has 0 aromatic rings. The molecule has 606 valence electrons. The van der Waals surface area contributed by atoms with Gasteiger partial charge in [0.05, 0.1) is 77.8 Å². The summed E-state index contributed by atoms with van der Waals surface area (Å²) >= 11 is 0. The molecule has 0 rings (SSSR count). The number of carbonyl (C=O) groups excluding carboxylic acids is 8. The van der Waals surface area contributed by atoms with E-state index in [9.17, 15) is 57.3 Å². The van der Waals surface area contributed by atoms with Crippen LogP contribution in [-0.4, -0.2) is 147 Å². The third-order valence-corrected chi connectivity index (χ3v) is 19.3. The van der Waals surface area contributed by atoms with E-state index in [2.05, 4.69) is 87.1 Å². The molecule has 26 heteroatoms. The molecule has 0 aromatic carbocycles. The van der Waals surface area contributed by atoms with Crippen LogP contribution in [0.1, 0.15) is 337 Å². The molecule has 4 amide bonds. The van der Waals surface area contributed by atoms with Crippen molar-refractivity contribution in [2.75, 3.05) is 65.9 Å². The first kappa shape index (κ1) is 99.8. The highest BCUT2D eigenvalue weighted by Gasteiger charge is 2.29. The molecule has 0 aliphatic carbocycles. The van der Waals surface area contributed by atoms with Crippen LogP contribution in [0.3, 0.4) is 0 Å². The van der Waals surface area contributed by atoms with E-state index in [0.29, 0.717) is 38.5 Å². The molecule has 0 aliphatic rings. The lowest BCUT2D eigenvalue weighted by Gasteiger charge is -2.23. The molecule has 4 unspecified atom stereocenters. The van der Waals surface area contributed by atoms with E-state index >= 15 is 0 Å². The van der Waals surface area contributed by atoms with Gasteiger partial charge in [-0.25, -0.2) is 9.13 Å². The van der Waals surface area contributed by atoms with Crippen molar-refractivity contribution in [3.8, 4) is 0 Å². The molecule has 0 fully saturated rings. The highest BCUT2D eigenvalue weighted by molar-refractivity contribution is 7.47. The minimum atomic E-state index is -4.79. The molecule has 104 heavy (non-hydrogen) atoms. The third kappa shape index (κ3) is 67.2. The quantitative estimate of drug-likeness (QED) is 0.0143. The van der Waals surface area contributed by atoms with Gasteiger partial charge in [0.1, 0.15) is 23.8 Å². The van der Waals surface area contributed by atoms with E-state index in [4.69, 9.17) is 37.0 Å². The van der Waals surface area contributed by atoms with Crippen molar-refractivity contribution in [1.29, 1.82) is 0 Å². The molecule has 24 nitrogen and oxygen atoms in total. The summed E-state index contributed by atoms with van der Waals surface area (Å²) in [6.07, 6.45) is 42.6. The van der Waals surface area contributed by atoms with E-state index in [-0.39, 0.29) is 114 Å². The first-order valence-electron chi connectivity index (χ1n) is 40.4. The maximum Gasteiger partial charge on any atom is 0.472 e. The van der Waals surface area contributed by atoms with E-state index in [1.807, 2.05) is 0 Å². The summed E-state index contributed by atoms with van der Waals surface area (Å²) in [5.74, 6) is -2.89. The fraction of sp³-hybridized carbons (Fsp3) is 0.846. The second kappa shape index (κ2) is 70.5. The van der Waals surface area contributed by atoms with Crippen molar-refractivity contribution in [3.05, 3.63) is 24.3 Å². The third-order valence-electron chi connectivity index (χ3n) is 17.3. The zero-order chi connectivity index (χ0) is 76.8. The summed E-state index contributed by atoms with van der Waals surface area (Å²) < 4.78 is 70.3. The van der Waals surface area contributed by atoms with Gasteiger partial charge in [0.2, 0.25) is 23.6 Å². The minimum absolute atomic E-state index is 0.0408. The topological polar surface area (TPSA) is 333 Å². The lowest BCUT2D eigenvalue weighted by molar-refractivity contribution is -0.152. The van der Waals surface area contributed by atoms with Crippen LogP contribution in [0.2, 0.25) is 0 Å². The van der Waals surface area contributed by atoms with Crippen LogP contribution in [0, 0.1) is 0 Å². The smallest absolute Gasteiger partial charge is 0.462 e. The van der Waals surface area contributed by atoms with Gasteiger partial charge in [0.15, 0.2) is 0 Å². The summed E-state index contributed by atoms with van der Waals surface area (Å²) in [5, 5.41) is 10.6. The van der Waals surface area contributed by atoms with Crippen LogP contribution in [0.4, 0.5) is 0 Å². The number of ether oxygens (including phenoxy) is 4. The number of phosphoric ester groups is 2. The minimum Gasteiger partial charge on any atom is -0.462 e. The Kier molecular flexibility index (Phi) is 67.6. The first-order valence-corrected chi connectivity index (χ1v) is 43.4. The summed E-state index contributed by atoms with van der Waals surface area (Å²) in [6.45, 7) is 10.1. The molecule has 6 atom stereocenters. The van der Waals surface area contributed by atoms with E-state index < -0.39 is 90.0 Å². The number of ketones is 2. The van der Waals surface area contributed by atoms with Crippen LogP contribution in [-0.2, 0) is 84.5 Å². The normalized spacial score (nSPS) is 14.0. The molecule has 0 heterocycles. The van der Waals surface area contributed by atoms with Crippen molar-refractivity contribution in [2.24, 2.45) is 0 Å².